The Labute approximate surface area is 130 Å². The van der Waals surface area contributed by atoms with Gasteiger partial charge in [0, 0.05) is 13.1 Å². The van der Waals surface area contributed by atoms with Crippen LogP contribution in [0.5, 0.6) is 11.5 Å². The van der Waals surface area contributed by atoms with Crippen molar-refractivity contribution < 1.29 is 22.7 Å². The molecule has 1 aromatic rings. The molecule has 0 unspecified atom stereocenters. The Hall–Kier alpha value is -1.80. The molecule has 1 heterocycles. The second-order valence-electron chi connectivity index (χ2n) is 4.90. The van der Waals surface area contributed by atoms with E-state index >= 15 is 0 Å². The lowest BCUT2D eigenvalue weighted by atomic mass is 10.1. The van der Waals surface area contributed by atoms with Gasteiger partial charge in [0.1, 0.15) is 6.10 Å². The molecule has 0 saturated heterocycles. The van der Waals surface area contributed by atoms with Gasteiger partial charge in [-0.15, -0.1) is 0 Å². The van der Waals surface area contributed by atoms with Gasteiger partial charge in [0.15, 0.2) is 11.5 Å². The molecule has 0 aromatic heterocycles. The van der Waals surface area contributed by atoms with Crippen LogP contribution in [0.3, 0.4) is 0 Å². The smallest absolute Gasteiger partial charge is 0.265 e. The molecular formula is C14H20N2O5S. The third-order valence-corrected chi connectivity index (χ3v) is 4.63. The summed E-state index contributed by atoms with van der Waals surface area (Å²) in [5, 5.41) is 2.64. The monoisotopic (exact) mass is 328 g/mol. The maximum atomic E-state index is 12.1. The number of rotatable bonds is 6. The molecule has 2 rings (SSSR count). The van der Waals surface area contributed by atoms with E-state index in [1.165, 1.54) is 0 Å². The highest BCUT2D eigenvalue weighted by Crippen LogP contribution is 2.33. The van der Waals surface area contributed by atoms with Crippen LogP contribution in [0.2, 0.25) is 0 Å². The minimum Gasteiger partial charge on any atom is -0.482 e. The average Bonchev–Trinajstić information content (AvgIpc) is 2.50. The molecule has 0 aliphatic carbocycles. The fourth-order valence-corrected chi connectivity index (χ4v) is 2.62. The van der Waals surface area contributed by atoms with Crippen LogP contribution in [0.25, 0.3) is 0 Å². The summed E-state index contributed by atoms with van der Waals surface area (Å²) >= 11 is 0. The molecule has 1 aromatic carbocycles. The van der Waals surface area contributed by atoms with Gasteiger partial charge in [-0.3, -0.25) is 4.79 Å². The van der Waals surface area contributed by atoms with Crippen molar-refractivity contribution in [1.82, 2.24) is 10.0 Å². The van der Waals surface area contributed by atoms with Crippen LogP contribution < -0.4 is 19.5 Å². The summed E-state index contributed by atoms with van der Waals surface area (Å²) in [7, 11) is -3.25. The van der Waals surface area contributed by atoms with Gasteiger partial charge in [-0.1, -0.05) is 12.1 Å². The first kappa shape index (κ1) is 16.6. The molecule has 2 atom stereocenters. The molecule has 0 bridgehead atoms. The summed E-state index contributed by atoms with van der Waals surface area (Å²) in [6.45, 7) is 3.62. The topological polar surface area (TPSA) is 93.7 Å². The van der Waals surface area contributed by atoms with E-state index < -0.39 is 22.2 Å². The minimum atomic E-state index is -3.25. The Bertz CT molecular complexity index is 632. The van der Waals surface area contributed by atoms with Crippen LogP contribution in [0, 0.1) is 0 Å². The SMILES string of the molecule is CCS(=O)(=O)NCCNC(=O)[C@H]1Oc2ccccc2O[C@H]1C. The number of benzene rings is 1. The number of para-hydroxylation sites is 2. The van der Waals surface area contributed by atoms with Crippen LogP contribution in [-0.4, -0.2) is 45.4 Å². The van der Waals surface area contributed by atoms with E-state index in [0.717, 1.165) is 0 Å². The minimum absolute atomic E-state index is 0.00827. The average molecular weight is 328 g/mol. The summed E-state index contributed by atoms with van der Waals surface area (Å²) < 4.78 is 36.2. The molecule has 122 valence electrons. The molecule has 7 nitrogen and oxygen atoms in total. The number of carbonyl (C=O) groups is 1. The number of nitrogens with one attached hydrogen (secondary N) is 2. The fourth-order valence-electron chi connectivity index (χ4n) is 2.00. The van der Waals surface area contributed by atoms with Crippen LogP contribution in [0.15, 0.2) is 24.3 Å². The molecule has 1 aliphatic rings. The van der Waals surface area contributed by atoms with E-state index in [-0.39, 0.29) is 24.7 Å². The fraction of sp³-hybridized carbons (Fsp3) is 0.500. The standard InChI is InChI=1S/C14H20N2O5S/c1-3-22(18,19)16-9-8-15-14(17)13-10(2)20-11-6-4-5-7-12(11)21-13/h4-7,10,13,16H,3,8-9H2,1-2H3,(H,15,17)/t10-,13-/m0/s1. The molecule has 1 aliphatic heterocycles. The van der Waals surface area contributed by atoms with Gasteiger partial charge in [0.2, 0.25) is 16.1 Å². The summed E-state index contributed by atoms with van der Waals surface area (Å²) in [5.74, 6) is 0.800. The van der Waals surface area contributed by atoms with Crippen molar-refractivity contribution in [2.75, 3.05) is 18.8 Å². The molecule has 1 amide bonds. The highest BCUT2D eigenvalue weighted by Gasteiger charge is 2.33. The van der Waals surface area contributed by atoms with E-state index in [0.29, 0.717) is 11.5 Å². The van der Waals surface area contributed by atoms with Gasteiger partial charge in [-0.05, 0) is 26.0 Å². The van der Waals surface area contributed by atoms with Crippen molar-refractivity contribution >= 4 is 15.9 Å². The Balaban J connectivity index is 1.86. The number of hydrogen-bond donors (Lipinski definition) is 2. The van der Waals surface area contributed by atoms with Crippen LogP contribution in [-0.2, 0) is 14.8 Å². The highest BCUT2D eigenvalue weighted by molar-refractivity contribution is 7.89. The van der Waals surface area contributed by atoms with Gasteiger partial charge in [-0.25, -0.2) is 13.1 Å². The predicted molar refractivity (Wildman–Crippen MR) is 81.4 cm³/mol. The highest BCUT2D eigenvalue weighted by atomic mass is 32.2. The molecule has 0 saturated carbocycles. The molecular weight excluding hydrogens is 308 g/mol. The third kappa shape index (κ3) is 4.11. The summed E-state index contributed by atoms with van der Waals surface area (Å²) in [5.41, 5.74) is 0. The second kappa shape index (κ2) is 6.97. The van der Waals surface area contributed by atoms with Crippen molar-refractivity contribution in [3.05, 3.63) is 24.3 Å². The number of carbonyl (C=O) groups excluding carboxylic acids is 1. The second-order valence-corrected chi connectivity index (χ2v) is 6.99. The summed E-state index contributed by atoms with van der Waals surface area (Å²) in [4.78, 5) is 12.1. The molecule has 8 heteroatoms. The summed E-state index contributed by atoms with van der Waals surface area (Å²) in [6.07, 6.45) is -1.19. The predicted octanol–water partition coefficient (Wildman–Crippen LogP) is 0.270. The van der Waals surface area contributed by atoms with Crippen molar-refractivity contribution in [3.8, 4) is 11.5 Å². The van der Waals surface area contributed by atoms with E-state index in [1.54, 1.807) is 32.0 Å². The first-order valence-corrected chi connectivity index (χ1v) is 8.75. The number of amides is 1. The first-order valence-electron chi connectivity index (χ1n) is 7.10. The lowest BCUT2D eigenvalue weighted by molar-refractivity contribution is -0.133. The number of fused-ring (bicyclic) bond motifs is 1. The number of ether oxygens (including phenoxy) is 2. The zero-order valence-corrected chi connectivity index (χ0v) is 13.4. The van der Waals surface area contributed by atoms with Crippen molar-refractivity contribution in [3.63, 3.8) is 0 Å². The van der Waals surface area contributed by atoms with Gasteiger partial charge < -0.3 is 14.8 Å². The maximum absolute atomic E-state index is 12.1. The number of sulfonamides is 1. The largest absolute Gasteiger partial charge is 0.482 e. The molecule has 0 radical (unpaired) electrons. The van der Waals surface area contributed by atoms with Crippen molar-refractivity contribution in [2.24, 2.45) is 0 Å². The van der Waals surface area contributed by atoms with E-state index in [2.05, 4.69) is 10.0 Å². The lowest BCUT2D eigenvalue weighted by Gasteiger charge is -2.31. The van der Waals surface area contributed by atoms with E-state index in [1.807, 2.05) is 6.07 Å². The zero-order valence-electron chi connectivity index (χ0n) is 12.5. The van der Waals surface area contributed by atoms with Crippen molar-refractivity contribution in [1.29, 1.82) is 0 Å². The van der Waals surface area contributed by atoms with E-state index in [9.17, 15) is 13.2 Å². The van der Waals surface area contributed by atoms with Gasteiger partial charge in [0.05, 0.1) is 5.75 Å². The third-order valence-electron chi connectivity index (χ3n) is 3.23. The van der Waals surface area contributed by atoms with Gasteiger partial charge >= 0.3 is 0 Å². The Morgan fingerprint density at radius 1 is 1.18 bits per heavy atom. The quantitative estimate of drug-likeness (QED) is 0.731. The maximum Gasteiger partial charge on any atom is 0.265 e. The van der Waals surface area contributed by atoms with E-state index in [4.69, 9.17) is 9.47 Å². The van der Waals surface area contributed by atoms with Crippen LogP contribution >= 0.6 is 0 Å². The lowest BCUT2D eigenvalue weighted by Crippen LogP contribution is -2.50. The molecule has 0 spiro atoms. The normalized spacial score (nSPS) is 20.5. The van der Waals surface area contributed by atoms with Crippen LogP contribution in [0.4, 0.5) is 0 Å². The number of hydrogen-bond acceptors (Lipinski definition) is 5. The van der Waals surface area contributed by atoms with Gasteiger partial charge in [-0.2, -0.15) is 0 Å². The van der Waals surface area contributed by atoms with Crippen LogP contribution in [0.1, 0.15) is 13.8 Å². The summed E-state index contributed by atoms with van der Waals surface area (Å²) in [6, 6.07) is 7.14. The Kier molecular flexibility index (Phi) is 5.25. The van der Waals surface area contributed by atoms with Gasteiger partial charge in [0.25, 0.3) is 5.91 Å². The van der Waals surface area contributed by atoms with Crippen molar-refractivity contribution in [2.45, 2.75) is 26.1 Å². The molecule has 22 heavy (non-hydrogen) atoms. The first-order chi connectivity index (χ1) is 10.4. The Morgan fingerprint density at radius 2 is 1.82 bits per heavy atom. The molecule has 0 fully saturated rings. The molecule has 2 N–H and O–H groups in total. The Morgan fingerprint density at radius 3 is 2.45 bits per heavy atom. The zero-order chi connectivity index (χ0) is 16.2.